The van der Waals surface area contributed by atoms with Gasteiger partial charge in [-0.3, -0.25) is 4.79 Å². The number of nitrogens with zero attached hydrogens (tertiary/aromatic N) is 2. The molecule has 4 rings (SSSR count). The van der Waals surface area contributed by atoms with E-state index in [0.29, 0.717) is 6.54 Å². The Bertz CT molecular complexity index is 998. The molecule has 3 heterocycles. The van der Waals surface area contributed by atoms with Crippen LogP contribution >= 0.6 is 0 Å². The number of amides is 1. The van der Waals surface area contributed by atoms with Crippen molar-refractivity contribution in [2.45, 2.75) is 96.7 Å². The van der Waals surface area contributed by atoms with Crippen LogP contribution < -0.4 is 10.9 Å². The van der Waals surface area contributed by atoms with Crippen LogP contribution in [0.1, 0.15) is 73.8 Å². The number of benzene rings is 1. The molecule has 1 amide bonds. The van der Waals surface area contributed by atoms with Crippen molar-refractivity contribution in [2.24, 2.45) is 0 Å². The maximum Gasteiger partial charge on any atom is 0.494 e. The van der Waals surface area contributed by atoms with E-state index in [1.165, 1.54) is 0 Å². The average Bonchev–Trinajstić information content (AvgIpc) is 3.37. The summed E-state index contributed by atoms with van der Waals surface area (Å²) in [6, 6.07) is 7.76. The second-order valence-corrected chi connectivity index (χ2v) is 11.6. The minimum atomic E-state index is -0.934. The van der Waals surface area contributed by atoms with Crippen LogP contribution in [0.15, 0.2) is 24.3 Å². The summed E-state index contributed by atoms with van der Waals surface area (Å²) in [4.78, 5) is 27.5. The van der Waals surface area contributed by atoms with Crippen LogP contribution in [0.5, 0.6) is 0 Å². The van der Waals surface area contributed by atoms with Crippen LogP contribution in [-0.2, 0) is 24.4 Å². The molecule has 0 saturated carbocycles. The lowest BCUT2D eigenvalue weighted by Crippen LogP contribution is -2.51. The summed E-state index contributed by atoms with van der Waals surface area (Å²) in [6.45, 7) is 16.1. The number of hydrogen-bond donors (Lipinski definition) is 1. The van der Waals surface area contributed by atoms with Crippen molar-refractivity contribution in [3.05, 3.63) is 29.8 Å². The van der Waals surface area contributed by atoms with Crippen LogP contribution in [0.2, 0.25) is 0 Å². The Labute approximate surface area is 202 Å². The van der Waals surface area contributed by atoms with E-state index in [2.05, 4.69) is 5.43 Å². The van der Waals surface area contributed by atoms with Gasteiger partial charge in [-0.2, -0.15) is 5.43 Å². The third-order valence-electron chi connectivity index (χ3n) is 7.29. The summed E-state index contributed by atoms with van der Waals surface area (Å²) in [5.74, 6) is -0.0630. The van der Waals surface area contributed by atoms with E-state index >= 15 is 0 Å². The smallest absolute Gasteiger partial charge is 0.444 e. The van der Waals surface area contributed by atoms with Crippen molar-refractivity contribution in [1.82, 2.24) is 10.3 Å². The summed E-state index contributed by atoms with van der Waals surface area (Å²) in [6.07, 6.45) is 2.54. The fourth-order valence-electron chi connectivity index (χ4n) is 4.49. The number of hydrazone groups is 1. The predicted molar refractivity (Wildman–Crippen MR) is 130 cm³/mol. The number of rotatable bonds is 3. The normalized spacial score (nSPS) is 28.2. The van der Waals surface area contributed by atoms with Gasteiger partial charge in [0.05, 0.1) is 11.2 Å². The van der Waals surface area contributed by atoms with Crippen molar-refractivity contribution in [1.29, 1.82) is 0 Å². The van der Waals surface area contributed by atoms with Crippen LogP contribution in [0.3, 0.4) is 0 Å². The Kier molecular flexibility index (Phi) is 5.88. The van der Waals surface area contributed by atoms with Gasteiger partial charge >= 0.3 is 13.2 Å². The largest absolute Gasteiger partial charge is 0.494 e. The number of hydrogen-bond acceptors (Lipinski definition) is 6. The Morgan fingerprint density at radius 1 is 1.12 bits per heavy atom. The van der Waals surface area contributed by atoms with Crippen LogP contribution in [0, 0.1) is 0 Å². The number of nitrogens with one attached hydrogen (secondary N) is 1. The van der Waals surface area contributed by atoms with Gasteiger partial charge in [-0.25, -0.2) is 9.69 Å². The second kappa shape index (κ2) is 8.09. The summed E-state index contributed by atoms with van der Waals surface area (Å²) < 4.78 is 19.6. The van der Waals surface area contributed by atoms with Crippen molar-refractivity contribution in [3.63, 3.8) is 0 Å². The zero-order valence-electron chi connectivity index (χ0n) is 21.6. The summed E-state index contributed by atoms with van der Waals surface area (Å²) in [7, 11) is -0.456. The first kappa shape index (κ1) is 24.7. The number of carbonyl (C=O) groups excluding carboxylic acids is 2. The zero-order chi connectivity index (χ0) is 25.1. The third kappa shape index (κ3) is 4.36. The topological polar surface area (TPSA) is 80.1 Å². The Morgan fingerprint density at radius 3 is 2.26 bits per heavy atom. The number of ketones is 1. The summed E-state index contributed by atoms with van der Waals surface area (Å²) >= 11 is 0. The van der Waals surface area contributed by atoms with Gasteiger partial charge in [0.15, 0.2) is 5.54 Å². The number of carbonyl (C=O) groups is 2. The molecule has 0 radical (unpaired) electrons. The van der Waals surface area contributed by atoms with Gasteiger partial charge < -0.3 is 14.0 Å². The van der Waals surface area contributed by atoms with Crippen molar-refractivity contribution >= 4 is 30.7 Å². The quantitative estimate of drug-likeness (QED) is 0.541. The molecule has 1 N–H and O–H groups in total. The second-order valence-electron chi connectivity index (χ2n) is 11.6. The molecule has 184 valence electrons. The van der Waals surface area contributed by atoms with E-state index in [0.717, 1.165) is 23.9 Å². The van der Waals surface area contributed by atoms with E-state index in [4.69, 9.17) is 14.0 Å². The molecule has 1 aromatic rings. The van der Waals surface area contributed by atoms with E-state index in [9.17, 15) is 9.59 Å². The first-order chi connectivity index (χ1) is 15.6. The van der Waals surface area contributed by atoms with Crippen molar-refractivity contribution in [3.8, 4) is 0 Å². The summed E-state index contributed by atoms with van der Waals surface area (Å²) in [5, 5.41) is 0. The monoisotopic (exact) mass is 470 g/mol. The molecule has 8 nitrogen and oxygen atoms in total. The minimum absolute atomic E-state index is 0.0630. The highest BCUT2D eigenvalue weighted by atomic mass is 16.7. The van der Waals surface area contributed by atoms with Gasteiger partial charge in [0, 0.05) is 13.0 Å². The lowest BCUT2D eigenvalue weighted by molar-refractivity contribution is -0.635. The molecule has 3 aliphatic heterocycles. The molecule has 0 spiro atoms. The Balaban J connectivity index is 1.49. The van der Waals surface area contributed by atoms with Crippen LogP contribution in [0.25, 0.3) is 0 Å². The molecular formula is C25H37BN3O5+. The molecule has 2 saturated heterocycles. The van der Waals surface area contributed by atoms with Crippen LogP contribution in [-0.4, -0.2) is 64.3 Å². The molecule has 0 bridgehead atoms. The molecule has 0 aliphatic carbocycles. The molecule has 0 aromatic heterocycles. The minimum Gasteiger partial charge on any atom is -0.444 e. The van der Waals surface area contributed by atoms with Gasteiger partial charge in [0.25, 0.3) is 11.9 Å². The predicted octanol–water partition coefficient (Wildman–Crippen LogP) is 2.73. The highest BCUT2D eigenvalue weighted by Crippen LogP contribution is 2.36. The fourth-order valence-corrected chi connectivity index (χ4v) is 4.49. The number of likely N-dealkylation sites (tertiary alicyclic amines) is 1. The molecule has 1 aromatic carbocycles. The summed E-state index contributed by atoms with van der Waals surface area (Å²) in [5.41, 5.74) is 2.76. The standard InChI is InChI=1S/C25H36BN3O5/c1-22(2,3)32-21(31)28-15-9-10-20(28)29-16-19(30)25(8,27-29)17-11-13-18(14-12-17)26-33-23(4,5)24(6,7)34-26/h11-14,16,20H,9-10,15H2,1-8H3/p+1/t20-,25?/m1/s1. The third-order valence-corrected chi connectivity index (χ3v) is 7.29. The van der Waals surface area contributed by atoms with E-state index in [-0.39, 0.29) is 18.0 Å². The molecule has 1 unspecified atom stereocenters. The number of hydrazine groups is 1. The highest BCUT2D eigenvalue weighted by Gasteiger charge is 2.53. The van der Waals surface area contributed by atoms with Gasteiger partial charge in [-0.1, -0.05) is 28.9 Å². The molecular weight excluding hydrogens is 433 g/mol. The fraction of sp³-hybridized carbons (Fsp3) is 0.640. The van der Waals surface area contributed by atoms with E-state index < -0.39 is 29.5 Å². The van der Waals surface area contributed by atoms with Crippen molar-refractivity contribution < 1.29 is 28.3 Å². The molecule has 34 heavy (non-hydrogen) atoms. The lowest BCUT2D eigenvalue weighted by Gasteiger charge is -2.32. The Morgan fingerprint density at radius 2 is 1.71 bits per heavy atom. The van der Waals surface area contributed by atoms with Gasteiger partial charge in [-0.05, 0) is 72.8 Å². The maximum absolute atomic E-state index is 13.1. The SMILES string of the molecule is CC(C)(C)OC(=O)N1CCC[C@H]1[N+]1=CC(=O)C(C)(c2ccc(B3OC(C)(C)C(C)(C)O3)cc2)N1. The molecule has 2 atom stereocenters. The molecule has 9 heteroatoms. The molecule has 2 fully saturated rings. The lowest BCUT2D eigenvalue weighted by atomic mass is 9.77. The van der Waals surface area contributed by atoms with Gasteiger partial charge in [0.2, 0.25) is 6.21 Å². The first-order valence-corrected chi connectivity index (χ1v) is 12.0. The van der Waals surface area contributed by atoms with Crippen molar-refractivity contribution in [2.75, 3.05) is 6.54 Å². The van der Waals surface area contributed by atoms with E-state index in [1.807, 2.05) is 79.7 Å². The highest BCUT2D eigenvalue weighted by molar-refractivity contribution is 6.62. The van der Waals surface area contributed by atoms with Crippen LogP contribution in [0.4, 0.5) is 4.79 Å². The van der Waals surface area contributed by atoms with Gasteiger partial charge in [0.1, 0.15) is 5.60 Å². The first-order valence-electron chi connectivity index (χ1n) is 12.0. The number of ether oxygens (including phenoxy) is 1. The van der Waals surface area contributed by atoms with Gasteiger partial charge in [-0.15, -0.1) is 0 Å². The number of Topliss-reactive ketones (excluding diaryl/α,β-unsaturated/α-hetero) is 1. The zero-order valence-corrected chi connectivity index (χ0v) is 21.6. The maximum atomic E-state index is 13.1. The van der Waals surface area contributed by atoms with E-state index in [1.54, 1.807) is 15.8 Å². The average molecular weight is 470 g/mol. The Hall–Kier alpha value is -2.39. The molecule has 3 aliphatic rings.